The molecule has 1 unspecified atom stereocenters. The van der Waals surface area contributed by atoms with Crippen LogP contribution in [0.5, 0.6) is 0 Å². The lowest BCUT2D eigenvalue weighted by atomic mass is 9.92. The molecule has 0 aromatic heterocycles. The van der Waals surface area contributed by atoms with Gasteiger partial charge in [-0.2, -0.15) is 0 Å². The average Bonchev–Trinajstić information content (AvgIpc) is 2.68. The Morgan fingerprint density at radius 3 is 2.08 bits per heavy atom. The van der Waals surface area contributed by atoms with Crippen molar-refractivity contribution in [2.24, 2.45) is 0 Å². The van der Waals surface area contributed by atoms with Gasteiger partial charge in [-0.1, -0.05) is 74.5 Å². The van der Waals surface area contributed by atoms with Crippen LogP contribution in [0.1, 0.15) is 31.1 Å². The molecule has 126 valence electrons. The largest absolute Gasteiger partial charge is 0.399 e. The average molecular weight is 329 g/mol. The maximum atomic E-state index is 10.9. The minimum atomic E-state index is -0.701. The second-order valence-electron chi connectivity index (χ2n) is 5.81. The molecule has 0 radical (unpaired) electrons. The summed E-state index contributed by atoms with van der Waals surface area (Å²) in [5.41, 5.74) is 8.24. The molecule has 0 heterocycles. The number of rotatable bonds is 2. The van der Waals surface area contributed by atoms with Gasteiger partial charge in [0.25, 0.3) is 0 Å². The molecule has 0 spiro atoms. The van der Waals surface area contributed by atoms with Crippen LogP contribution in [0.2, 0.25) is 0 Å². The molecule has 0 aliphatic heterocycles. The first-order valence-corrected chi connectivity index (χ1v) is 8.68. The van der Waals surface area contributed by atoms with Gasteiger partial charge in [0.05, 0.1) is 0 Å². The van der Waals surface area contributed by atoms with Gasteiger partial charge in [0.2, 0.25) is 0 Å². The number of aliphatic hydroxyl groups excluding tert-OH is 1. The van der Waals surface area contributed by atoms with Crippen LogP contribution in [0.3, 0.4) is 0 Å². The fourth-order valence-electron chi connectivity index (χ4n) is 3.22. The van der Waals surface area contributed by atoms with Crippen LogP contribution in [-0.4, -0.2) is 5.11 Å². The minimum Gasteiger partial charge on any atom is -0.399 e. The molecular formula is C23H23NO. The lowest BCUT2D eigenvalue weighted by Gasteiger charge is -2.16. The van der Waals surface area contributed by atoms with Gasteiger partial charge in [0, 0.05) is 5.69 Å². The molecule has 0 aliphatic carbocycles. The van der Waals surface area contributed by atoms with Gasteiger partial charge in [-0.3, -0.25) is 0 Å². The Labute approximate surface area is 148 Å². The van der Waals surface area contributed by atoms with E-state index in [-0.39, 0.29) is 0 Å². The summed E-state index contributed by atoms with van der Waals surface area (Å²) in [6.07, 6.45) is -0.701. The number of hydrogen-bond acceptors (Lipinski definition) is 2. The SMILES string of the molecule is CC.Nc1cccc(C(O)c2cc3ccccc3c3ccccc23)c1. The Morgan fingerprint density at radius 1 is 0.720 bits per heavy atom. The normalized spacial score (nSPS) is 11.8. The van der Waals surface area contributed by atoms with E-state index in [1.165, 1.54) is 5.39 Å². The van der Waals surface area contributed by atoms with Crippen molar-refractivity contribution in [1.82, 2.24) is 0 Å². The molecule has 1 atom stereocenters. The lowest BCUT2D eigenvalue weighted by molar-refractivity contribution is 0.222. The number of fused-ring (bicyclic) bond motifs is 3. The van der Waals surface area contributed by atoms with E-state index >= 15 is 0 Å². The molecule has 3 N–H and O–H groups in total. The van der Waals surface area contributed by atoms with Gasteiger partial charge in [0.15, 0.2) is 0 Å². The molecule has 0 saturated carbocycles. The van der Waals surface area contributed by atoms with Crippen LogP contribution in [0, 0.1) is 0 Å². The molecule has 4 rings (SSSR count). The summed E-state index contributed by atoms with van der Waals surface area (Å²) < 4.78 is 0. The zero-order valence-corrected chi connectivity index (χ0v) is 14.6. The highest BCUT2D eigenvalue weighted by Gasteiger charge is 2.15. The van der Waals surface area contributed by atoms with Crippen molar-refractivity contribution in [3.05, 3.63) is 90.0 Å². The van der Waals surface area contributed by atoms with E-state index in [1.54, 1.807) is 0 Å². The Hall–Kier alpha value is -2.84. The third-order valence-corrected chi connectivity index (χ3v) is 4.32. The Kier molecular flexibility index (Phi) is 5.01. The van der Waals surface area contributed by atoms with Crippen molar-refractivity contribution in [2.75, 3.05) is 5.73 Å². The van der Waals surface area contributed by atoms with Gasteiger partial charge in [0.1, 0.15) is 6.10 Å². The van der Waals surface area contributed by atoms with Gasteiger partial charge < -0.3 is 10.8 Å². The highest BCUT2D eigenvalue weighted by atomic mass is 16.3. The third-order valence-electron chi connectivity index (χ3n) is 4.32. The standard InChI is InChI=1S/C21H17NO.C2H6/c22-16-8-5-7-15(12-16)21(23)20-13-14-6-1-2-9-17(14)18-10-3-4-11-19(18)20;1-2/h1-13,21,23H,22H2;1-2H3. The molecule has 0 bridgehead atoms. The highest BCUT2D eigenvalue weighted by Crippen LogP contribution is 2.34. The van der Waals surface area contributed by atoms with Crippen LogP contribution in [-0.2, 0) is 0 Å². The summed E-state index contributed by atoms with van der Waals surface area (Å²) in [5, 5.41) is 15.5. The zero-order chi connectivity index (χ0) is 17.8. The molecule has 0 saturated heterocycles. The molecule has 25 heavy (non-hydrogen) atoms. The number of anilines is 1. The molecule has 2 heteroatoms. The maximum absolute atomic E-state index is 10.9. The van der Waals surface area contributed by atoms with Crippen molar-refractivity contribution in [2.45, 2.75) is 20.0 Å². The third kappa shape index (κ3) is 3.21. The Balaban J connectivity index is 0.000000880. The van der Waals surface area contributed by atoms with Gasteiger partial charge in [-0.25, -0.2) is 0 Å². The fourth-order valence-corrected chi connectivity index (χ4v) is 3.22. The minimum absolute atomic E-state index is 0.659. The smallest absolute Gasteiger partial charge is 0.105 e. The van der Waals surface area contributed by atoms with E-state index in [0.717, 1.165) is 27.3 Å². The molecule has 0 aliphatic rings. The van der Waals surface area contributed by atoms with Crippen LogP contribution in [0.25, 0.3) is 21.5 Å². The highest BCUT2D eigenvalue weighted by molar-refractivity contribution is 6.09. The molecule has 0 fully saturated rings. The van der Waals surface area contributed by atoms with Gasteiger partial charge in [-0.05, 0) is 50.9 Å². The summed E-state index contributed by atoms with van der Waals surface area (Å²) in [6, 6.07) is 26.0. The van der Waals surface area contributed by atoms with Gasteiger partial charge >= 0.3 is 0 Å². The number of hydrogen-bond donors (Lipinski definition) is 2. The summed E-state index contributed by atoms with van der Waals surface area (Å²) in [5.74, 6) is 0. The summed E-state index contributed by atoms with van der Waals surface area (Å²) in [6.45, 7) is 4.00. The predicted octanol–water partition coefficient (Wildman–Crippen LogP) is 5.68. The second-order valence-corrected chi connectivity index (χ2v) is 5.81. The van der Waals surface area contributed by atoms with Crippen LogP contribution in [0.4, 0.5) is 5.69 Å². The number of nitrogen functional groups attached to an aromatic ring is 1. The second kappa shape index (κ2) is 7.37. The molecular weight excluding hydrogens is 306 g/mol. The summed E-state index contributed by atoms with van der Waals surface area (Å²) in [4.78, 5) is 0. The number of benzene rings is 4. The molecule has 4 aromatic rings. The van der Waals surface area contributed by atoms with Crippen molar-refractivity contribution in [3.63, 3.8) is 0 Å². The van der Waals surface area contributed by atoms with E-state index in [9.17, 15) is 5.11 Å². The summed E-state index contributed by atoms with van der Waals surface area (Å²) >= 11 is 0. The van der Waals surface area contributed by atoms with E-state index in [2.05, 4.69) is 30.3 Å². The summed E-state index contributed by atoms with van der Waals surface area (Å²) in [7, 11) is 0. The van der Waals surface area contributed by atoms with Crippen molar-refractivity contribution in [3.8, 4) is 0 Å². The molecule has 0 amide bonds. The van der Waals surface area contributed by atoms with Crippen molar-refractivity contribution < 1.29 is 5.11 Å². The topological polar surface area (TPSA) is 46.2 Å². The molecule has 4 aromatic carbocycles. The first-order chi connectivity index (χ1) is 12.2. The predicted molar refractivity (Wildman–Crippen MR) is 108 cm³/mol. The maximum Gasteiger partial charge on any atom is 0.105 e. The number of aliphatic hydroxyl groups is 1. The first kappa shape index (κ1) is 17.0. The first-order valence-electron chi connectivity index (χ1n) is 8.68. The van der Waals surface area contributed by atoms with Crippen molar-refractivity contribution >= 4 is 27.2 Å². The Bertz CT molecular complexity index is 1010. The molecule has 2 nitrogen and oxygen atoms in total. The zero-order valence-electron chi connectivity index (χ0n) is 14.6. The quantitative estimate of drug-likeness (QED) is 0.367. The van der Waals surface area contributed by atoms with E-state index < -0.39 is 6.10 Å². The van der Waals surface area contributed by atoms with E-state index in [1.807, 2.05) is 62.4 Å². The fraction of sp³-hybridized carbons (Fsp3) is 0.130. The van der Waals surface area contributed by atoms with Gasteiger partial charge in [-0.15, -0.1) is 0 Å². The van der Waals surface area contributed by atoms with Crippen LogP contribution in [0.15, 0.2) is 78.9 Å². The lowest BCUT2D eigenvalue weighted by Crippen LogP contribution is -2.02. The monoisotopic (exact) mass is 329 g/mol. The Morgan fingerprint density at radius 2 is 1.36 bits per heavy atom. The number of nitrogens with two attached hydrogens (primary N) is 1. The van der Waals surface area contributed by atoms with Crippen LogP contribution >= 0.6 is 0 Å². The van der Waals surface area contributed by atoms with Crippen molar-refractivity contribution in [1.29, 1.82) is 0 Å². The van der Waals surface area contributed by atoms with E-state index in [0.29, 0.717) is 5.69 Å². The van der Waals surface area contributed by atoms with E-state index in [4.69, 9.17) is 5.73 Å². The van der Waals surface area contributed by atoms with Crippen LogP contribution < -0.4 is 5.73 Å².